The third kappa shape index (κ3) is 1.94. The first-order valence-electron chi connectivity index (χ1n) is 6.59. The molecule has 2 N–H and O–H groups in total. The summed E-state index contributed by atoms with van der Waals surface area (Å²) in [5.41, 5.74) is 2.04. The Hall–Kier alpha value is -2.06. The Kier molecular flexibility index (Phi) is 2.88. The standard InChI is InChI=1S/C17H17NO/c1-2-17(19,14-6-4-3-5-7-14)15-8-9-16-13(12-15)10-11-18-16/h3-12,18-19H,2H2,1H3. The summed E-state index contributed by atoms with van der Waals surface area (Å²) in [5, 5.41) is 12.2. The molecular formula is C17H17NO. The maximum atomic E-state index is 11.0. The molecule has 1 atom stereocenters. The maximum Gasteiger partial charge on any atom is 0.114 e. The topological polar surface area (TPSA) is 36.0 Å². The van der Waals surface area contributed by atoms with Crippen molar-refractivity contribution in [1.82, 2.24) is 4.98 Å². The van der Waals surface area contributed by atoms with E-state index in [1.807, 2.05) is 61.7 Å². The fourth-order valence-corrected chi connectivity index (χ4v) is 2.60. The van der Waals surface area contributed by atoms with E-state index >= 15 is 0 Å². The van der Waals surface area contributed by atoms with Gasteiger partial charge in [0, 0.05) is 11.7 Å². The SMILES string of the molecule is CCC(O)(c1ccccc1)c1ccc2[nH]ccc2c1. The Balaban J connectivity index is 2.15. The number of rotatable bonds is 3. The van der Waals surface area contributed by atoms with Crippen LogP contribution in [-0.2, 0) is 5.60 Å². The quantitative estimate of drug-likeness (QED) is 0.729. The molecule has 1 heterocycles. The average molecular weight is 251 g/mol. The summed E-state index contributed by atoms with van der Waals surface area (Å²) in [4.78, 5) is 3.17. The number of nitrogens with one attached hydrogen (secondary N) is 1. The van der Waals surface area contributed by atoms with Gasteiger partial charge in [0.1, 0.15) is 5.60 Å². The molecule has 0 radical (unpaired) electrons. The number of hydrogen-bond acceptors (Lipinski definition) is 1. The second kappa shape index (κ2) is 4.56. The van der Waals surface area contributed by atoms with Gasteiger partial charge < -0.3 is 10.1 Å². The van der Waals surface area contributed by atoms with Crippen LogP contribution in [0.1, 0.15) is 24.5 Å². The number of fused-ring (bicyclic) bond motifs is 1. The highest BCUT2D eigenvalue weighted by Gasteiger charge is 2.29. The normalized spacial score (nSPS) is 14.4. The van der Waals surface area contributed by atoms with Gasteiger partial charge >= 0.3 is 0 Å². The summed E-state index contributed by atoms with van der Waals surface area (Å²) in [7, 11) is 0. The van der Waals surface area contributed by atoms with Crippen molar-refractivity contribution in [2.75, 3.05) is 0 Å². The van der Waals surface area contributed by atoms with Gasteiger partial charge in [0.05, 0.1) is 0 Å². The average Bonchev–Trinajstić information content (AvgIpc) is 2.94. The van der Waals surface area contributed by atoms with Crippen molar-refractivity contribution < 1.29 is 5.11 Å². The zero-order valence-electron chi connectivity index (χ0n) is 10.9. The molecule has 0 saturated carbocycles. The Morgan fingerprint density at radius 2 is 1.79 bits per heavy atom. The lowest BCUT2D eigenvalue weighted by Crippen LogP contribution is -2.26. The predicted molar refractivity (Wildman–Crippen MR) is 78.0 cm³/mol. The first-order valence-corrected chi connectivity index (χ1v) is 6.59. The van der Waals surface area contributed by atoms with Gasteiger partial charge in [0.25, 0.3) is 0 Å². The van der Waals surface area contributed by atoms with E-state index in [2.05, 4.69) is 11.1 Å². The van der Waals surface area contributed by atoms with Gasteiger partial charge in [-0.1, -0.05) is 43.3 Å². The van der Waals surface area contributed by atoms with Crippen molar-refractivity contribution in [2.24, 2.45) is 0 Å². The minimum absolute atomic E-state index is 0.646. The van der Waals surface area contributed by atoms with E-state index in [9.17, 15) is 5.11 Å². The number of aliphatic hydroxyl groups is 1. The molecular weight excluding hydrogens is 234 g/mol. The van der Waals surface area contributed by atoms with Crippen LogP contribution in [0.3, 0.4) is 0 Å². The lowest BCUT2D eigenvalue weighted by molar-refractivity contribution is 0.0767. The Bertz CT molecular complexity index is 687. The van der Waals surface area contributed by atoms with Crippen LogP contribution in [0.15, 0.2) is 60.8 Å². The van der Waals surface area contributed by atoms with Gasteiger partial charge in [-0.05, 0) is 41.1 Å². The largest absolute Gasteiger partial charge is 0.380 e. The van der Waals surface area contributed by atoms with E-state index in [0.717, 1.165) is 22.0 Å². The van der Waals surface area contributed by atoms with Gasteiger partial charge in [0.2, 0.25) is 0 Å². The zero-order valence-corrected chi connectivity index (χ0v) is 10.9. The zero-order chi connectivity index (χ0) is 13.3. The molecule has 0 saturated heterocycles. The molecule has 2 aromatic carbocycles. The summed E-state index contributed by atoms with van der Waals surface area (Å²) in [6.07, 6.45) is 2.56. The monoisotopic (exact) mass is 251 g/mol. The molecule has 3 aromatic rings. The number of aromatic nitrogens is 1. The summed E-state index contributed by atoms with van der Waals surface area (Å²) in [6.45, 7) is 2.01. The second-order valence-corrected chi connectivity index (χ2v) is 4.86. The Morgan fingerprint density at radius 1 is 1.00 bits per heavy atom. The Labute approximate surface area is 112 Å². The van der Waals surface area contributed by atoms with E-state index in [1.165, 1.54) is 0 Å². The first-order chi connectivity index (χ1) is 9.24. The van der Waals surface area contributed by atoms with Crippen LogP contribution in [0.2, 0.25) is 0 Å². The van der Waals surface area contributed by atoms with Crippen molar-refractivity contribution >= 4 is 10.9 Å². The molecule has 0 amide bonds. The smallest absolute Gasteiger partial charge is 0.114 e. The second-order valence-electron chi connectivity index (χ2n) is 4.86. The molecule has 0 bridgehead atoms. The van der Waals surface area contributed by atoms with Crippen LogP contribution in [0.5, 0.6) is 0 Å². The van der Waals surface area contributed by atoms with Gasteiger partial charge in [-0.3, -0.25) is 0 Å². The minimum Gasteiger partial charge on any atom is -0.380 e. The molecule has 1 aromatic heterocycles. The highest BCUT2D eigenvalue weighted by Crippen LogP contribution is 2.34. The van der Waals surface area contributed by atoms with Gasteiger partial charge in [-0.25, -0.2) is 0 Å². The van der Waals surface area contributed by atoms with Crippen molar-refractivity contribution in [3.8, 4) is 0 Å². The van der Waals surface area contributed by atoms with Crippen molar-refractivity contribution in [1.29, 1.82) is 0 Å². The molecule has 2 nitrogen and oxygen atoms in total. The number of hydrogen-bond donors (Lipinski definition) is 2. The predicted octanol–water partition coefficient (Wildman–Crippen LogP) is 3.81. The molecule has 19 heavy (non-hydrogen) atoms. The molecule has 0 aliphatic carbocycles. The van der Waals surface area contributed by atoms with Crippen molar-refractivity contribution in [3.05, 3.63) is 71.9 Å². The number of benzene rings is 2. The van der Waals surface area contributed by atoms with Crippen LogP contribution >= 0.6 is 0 Å². The highest BCUT2D eigenvalue weighted by molar-refractivity contribution is 5.80. The molecule has 0 aliphatic rings. The minimum atomic E-state index is -0.924. The van der Waals surface area contributed by atoms with Crippen LogP contribution < -0.4 is 0 Å². The number of H-pyrrole nitrogens is 1. The van der Waals surface area contributed by atoms with E-state index in [1.54, 1.807) is 0 Å². The molecule has 2 heteroatoms. The van der Waals surface area contributed by atoms with Crippen molar-refractivity contribution in [2.45, 2.75) is 18.9 Å². The fraction of sp³-hybridized carbons (Fsp3) is 0.176. The lowest BCUT2D eigenvalue weighted by Gasteiger charge is -2.28. The molecule has 96 valence electrons. The third-order valence-electron chi connectivity index (χ3n) is 3.79. The summed E-state index contributed by atoms with van der Waals surface area (Å²) < 4.78 is 0. The Morgan fingerprint density at radius 3 is 2.53 bits per heavy atom. The van der Waals surface area contributed by atoms with E-state index in [-0.39, 0.29) is 0 Å². The lowest BCUT2D eigenvalue weighted by atomic mass is 9.84. The fourth-order valence-electron chi connectivity index (χ4n) is 2.60. The van der Waals surface area contributed by atoms with E-state index in [4.69, 9.17) is 0 Å². The number of aromatic amines is 1. The summed E-state index contributed by atoms with van der Waals surface area (Å²) in [6, 6.07) is 18.0. The van der Waals surface area contributed by atoms with Crippen LogP contribution in [0, 0.1) is 0 Å². The molecule has 0 aliphatic heterocycles. The van der Waals surface area contributed by atoms with E-state index in [0.29, 0.717) is 6.42 Å². The highest BCUT2D eigenvalue weighted by atomic mass is 16.3. The third-order valence-corrected chi connectivity index (χ3v) is 3.79. The van der Waals surface area contributed by atoms with Gasteiger partial charge in [-0.2, -0.15) is 0 Å². The molecule has 0 fully saturated rings. The summed E-state index contributed by atoms with van der Waals surface area (Å²) >= 11 is 0. The first kappa shape index (κ1) is 12.0. The van der Waals surface area contributed by atoms with Crippen LogP contribution in [-0.4, -0.2) is 10.1 Å². The summed E-state index contributed by atoms with van der Waals surface area (Å²) in [5.74, 6) is 0. The molecule has 0 spiro atoms. The van der Waals surface area contributed by atoms with E-state index < -0.39 is 5.60 Å². The van der Waals surface area contributed by atoms with Gasteiger partial charge in [-0.15, -0.1) is 0 Å². The molecule has 1 unspecified atom stereocenters. The molecule has 3 rings (SSSR count). The maximum absolute atomic E-state index is 11.0. The van der Waals surface area contributed by atoms with Crippen LogP contribution in [0.25, 0.3) is 10.9 Å². The van der Waals surface area contributed by atoms with Gasteiger partial charge in [0.15, 0.2) is 0 Å². The van der Waals surface area contributed by atoms with Crippen molar-refractivity contribution in [3.63, 3.8) is 0 Å². The van der Waals surface area contributed by atoms with Crippen LogP contribution in [0.4, 0.5) is 0 Å².